The lowest BCUT2D eigenvalue weighted by Crippen LogP contribution is -2.41. The summed E-state index contributed by atoms with van der Waals surface area (Å²) in [6.07, 6.45) is 2.88. The summed E-state index contributed by atoms with van der Waals surface area (Å²) < 4.78 is 0. The van der Waals surface area contributed by atoms with Gasteiger partial charge in [0.25, 0.3) is 0 Å². The molecule has 2 amide bonds. The number of hydrogen-bond donors (Lipinski definition) is 2. The monoisotopic (exact) mass is 241 g/mol. The molecule has 0 heterocycles. The fraction of sp³-hybridized carbons (Fsp3) is 0.833. The van der Waals surface area contributed by atoms with E-state index in [0.29, 0.717) is 6.54 Å². The minimum atomic E-state index is -0.503. The fourth-order valence-electron chi connectivity index (χ4n) is 1.60. The van der Waals surface area contributed by atoms with Gasteiger partial charge in [0.15, 0.2) is 0 Å². The summed E-state index contributed by atoms with van der Waals surface area (Å²) in [5.41, 5.74) is 0. The predicted molar refractivity (Wildman–Crippen MR) is 66.6 cm³/mol. The van der Waals surface area contributed by atoms with Crippen LogP contribution in [0.1, 0.15) is 33.1 Å². The zero-order chi connectivity index (χ0) is 12.7. The van der Waals surface area contributed by atoms with Crippen LogP contribution < -0.4 is 10.6 Å². The lowest BCUT2D eigenvalue weighted by molar-refractivity contribution is -0.139. The molecule has 0 radical (unpaired) electrons. The zero-order valence-corrected chi connectivity index (χ0v) is 10.8. The molecular formula is C12H23N3O2. The number of amides is 2. The highest BCUT2D eigenvalue weighted by Gasteiger charge is 2.25. The van der Waals surface area contributed by atoms with Crippen molar-refractivity contribution in [2.24, 2.45) is 0 Å². The maximum absolute atomic E-state index is 11.4. The number of hydrogen-bond acceptors (Lipinski definition) is 3. The maximum Gasteiger partial charge on any atom is 0.309 e. The van der Waals surface area contributed by atoms with Crippen LogP contribution in [0.25, 0.3) is 0 Å². The van der Waals surface area contributed by atoms with E-state index in [2.05, 4.69) is 29.4 Å². The van der Waals surface area contributed by atoms with E-state index in [1.165, 1.54) is 0 Å². The van der Waals surface area contributed by atoms with Gasteiger partial charge in [-0.25, -0.2) is 0 Å². The topological polar surface area (TPSA) is 61.4 Å². The third kappa shape index (κ3) is 5.68. The molecule has 1 aliphatic carbocycles. The summed E-state index contributed by atoms with van der Waals surface area (Å²) in [7, 11) is 0. The van der Waals surface area contributed by atoms with Crippen molar-refractivity contribution in [2.45, 2.75) is 39.2 Å². The van der Waals surface area contributed by atoms with E-state index in [0.717, 1.165) is 38.9 Å². The molecule has 0 aromatic heterocycles. The van der Waals surface area contributed by atoms with E-state index in [-0.39, 0.29) is 6.04 Å². The van der Waals surface area contributed by atoms with Gasteiger partial charge < -0.3 is 15.5 Å². The quantitative estimate of drug-likeness (QED) is 0.491. The molecule has 0 saturated heterocycles. The lowest BCUT2D eigenvalue weighted by Gasteiger charge is -2.17. The van der Waals surface area contributed by atoms with E-state index < -0.39 is 11.8 Å². The Labute approximate surface area is 103 Å². The van der Waals surface area contributed by atoms with Gasteiger partial charge in [-0.15, -0.1) is 0 Å². The van der Waals surface area contributed by atoms with Gasteiger partial charge in [-0.2, -0.15) is 0 Å². The van der Waals surface area contributed by atoms with Crippen LogP contribution in [0.3, 0.4) is 0 Å². The number of carbonyl (C=O) groups is 2. The second kappa shape index (κ2) is 7.27. The average Bonchev–Trinajstić information content (AvgIpc) is 3.13. The molecule has 2 N–H and O–H groups in total. The second-order valence-electron chi connectivity index (χ2n) is 4.38. The van der Waals surface area contributed by atoms with Crippen LogP contribution in [0, 0.1) is 0 Å². The Kier molecular flexibility index (Phi) is 5.97. The Bertz CT molecular complexity index is 260. The van der Waals surface area contributed by atoms with Crippen LogP contribution >= 0.6 is 0 Å². The van der Waals surface area contributed by atoms with Gasteiger partial charge in [-0.3, -0.25) is 9.59 Å². The van der Waals surface area contributed by atoms with Gasteiger partial charge in [0.05, 0.1) is 0 Å². The molecule has 1 aliphatic rings. The van der Waals surface area contributed by atoms with E-state index >= 15 is 0 Å². The lowest BCUT2D eigenvalue weighted by atomic mass is 10.3. The van der Waals surface area contributed by atoms with Crippen molar-refractivity contribution >= 4 is 11.8 Å². The summed E-state index contributed by atoms with van der Waals surface area (Å²) in [6.45, 7) is 7.79. The fourth-order valence-corrected chi connectivity index (χ4v) is 1.60. The smallest absolute Gasteiger partial charge is 0.309 e. The van der Waals surface area contributed by atoms with Crippen LogP contribution in [0.15, 0.2) is 0 Å². The SMILES string of the molecule is CCN(CC)CCCNC(=O)C(=O)NC1CC1. The molecule has 17 heavy (non-hydrogen) atoms. The van der Waals surface area contributed by atoms with Crippen molar-refractivity contribution in [1.29, 1.82) is 0 Å². The van der Waals surface area contributed by atoms with E-state index in [1.54, 1.807) is 0 Å². The summed E-state index contributed by atoms with van der Waals surface area (Å²) in [6, 6.07) is 0.240. The molecule has 1 fully saturated rings. The molecule has 0 atom stereocenters. The first-order chi connectivity index (χ1) is 8.17. The van der Waals surface area contributed by atoms with Crippen molar-refractivity contribution in [3.05, 3.63) is 0 Å². The van der Waals surface area contributed by atoms with Crippen molar-refractivity contribution in [3.8, 4) is 0 Å². The van der Waals surface area contributed by atoms with Gasteiger partial charge in [0.2, 0.25) is 0 Å². The Balaban J connectivity index is 2.04. The number of nitrogens with one attached hydrogen (secondary N) is 2. The van der Waals surface area contributed by atoms with Crippen LogP contribution in [0.2, 0.25) is 0 Å². The Hall–Kier alpha value is -1.10. The van der Waals surface area contributed by atoms with E-state index in [4.69, 9.17) is 0 Å². The summed E-state index contributed by atoms with van der Waals surface area (Å²) in [4.78, 5) is 24.9. The number of carbonyl (C=O) groups excluding carboxylic acids is 2. The predicted octanol–water partition coefficient (Wildman–Crippen LogP) is 0.113. The molecule has 0 bridgehead atoms. The molecule has 0 aromatic rings. The van der Waals surface area contributed by atoms with Crippen LogP contribution in [0.5, 0.6) is 0 Å². The van der Waals surface area contributed by atoms with Gasteiger partial charge in [-0.1, -0.05) is 13.8 Å². The maximum atomic E-state index is 11.4. The molecule has 98 valence electrons. The minimum absolute atomic E-state index is 0.240. The molecule has 0 spiro atoms. The van der Waals surface area contributed by atoms with Crippen LogP contribution in [0.4, 0.5) is 0 Å². The first-order valence-electron chi connectivity index (χ1n) is 6.48. The zero-order valence-electron chi connectivity index (χ0n) is 10.8. The van der Waals surface area contributed by atoms with Crippen molar-refractivity contribution in [3.63, 3.8) is 0 Å². The van der Waals surface area contributed by atoms with Crippen molar-refractivity contribution < 1.29 is 9.59 Å². The minimum Gasteiger partial charge on any atom is -0.348 e. The summed E-state index contributed by atoms with van der Waals surface area (Å²) in [5.74, 6) is -0.994. The van der Waals surface area contributed by atoms with Crippen molar-refractivity contribution in [1.82, 2.24) is 15.5 Å². The van der Waals surface area contributed by atoms with Gasteiger partial charge in [0, 0.05) is 12.6 Å². The third-order valence-corrected chi connectivity index (χ3v) is 2.95. The molecule has 0 aliphatic heterocycles. The number of nitrogens with zero attached hydrogens (tertiary/aromatic N) is 1. The molecule has 5 heteroatoms. The summed E-state index contributed by atoms with van der Waals surface area (Å²) >= 11 is 0. The standard InChI is InChI=1S/C12H23N3O2/c1-3-15(4-2)9-5-8-13-11(16)12(17)14-10-6-7-10/h10H,3-9H2,1-2H3,(H,13,16)(H,14,17). The molecule has 5 nitrogen and oxygen atoms in total. The molecular weight excluding hydrogens is 218 g/mol. The Morgan fingerprint density at radius 2 is 1.82 bits per heavy atom. The highest BCUT2D eigenvalue weighted by Crippen LogP contribution is 2.18. The average molecular weight is 241 g/mol. The number of rotatable bonds is 7. The highest BCUT2D eigenvalue weighted by atomic mass is 16.2. The van der Waals surface area contributed by atoms with Gasteiger partial charge in [-0.05, 0) is 38.9 Å². The summed E-state index contributed by atoms with van der Waals surface area (Å²) in [5, 5.41) is 5.31. The molecule has 1 saturated carbocycles. The molecule has 0 unspecified atom stereocenters. The van der Waals surface area contributed by atoms with Crippen LogP contribution in [-0.2, 0) is 9.59 Å². The first-order valence-corrected chi connectivity index (χ1v) is 6.48. The largest absolute Gasteiger partial charge is 0.348 e. The van der Waals surface area contributed by atoms with Gasteiger partial charge in [0.1, 0.15) is 0 Å². The third-order valence-electron chi connectivity index (χ3n) is 2.95. The van der Waals surface area contributed by atoms with E-state index in [1.807, 2.05) is 0 Å². The van der Waals surface area contributed by atoms with Gasteiger partial charge >= 0.3 is 11.8 Å². The van der Waals surface area contributed by atoms with Crippen molar-refractivity contribution in [2.75, 3.05) is 26.2 Å². The van der Waals surface area contributed by atoms with Crippen LogP contribution in [-0.4, -0.2) is 48.9 Å². The second-order valence-corrected chi connectivity index (χ2v) is 4.38. The van der Waals surface area contributed by atoms with E-state index in [9.17, 15) is 9.59 Å². The normalized spacial score (nSPS) is 14.8. The highest BCUT2D eigenvalue weighted by molar-refractivity contribution is 6.35. The molecule has 0 aromatic carbocycles. The Morgan fingerprint density at radius 3 is 2.35 bits per heavy atom. The molecule has 1 rings (SSSR count). The first kappa shape index (κ1) is 14.0. The Morgan fingerprint density at radius 1 is 1.18 bits per heavy atom.